The van der Waals surface area contributed by atoms with Gasteiger partial charge in [0.15, 0.2) is 0 Å². The van der Waals surface area contributed by atoms with E-state index in [-0.39, 0.29) is 49.6 Å². The van der Waals surface area contributed by atoms with E-state index in [1.165, 1.54) is 17.0 Å². The SMILES string of the molecule is C=CCN1C(=O)C(CCC(=O)OCC)NC(=O)c2cc(OC(C#N)(C=C)Cc3ccccc3)ccc21. The maximum absolute atomic E-state index is 13.2. The van der Waals surface area contributed by atoms with Crippen LogP contribution in [0.15, 0.2) is 73.8 Å². The summed E-state index contributed by atoms with van der Waals surface area (Å²) in [4.78, 5) is 39.7. The summed E-state index contributed by atoms with van der Waals surface area (Å²) in [5.41, 5.74) is 0.110. The zero-order chi connectivity index (χ0) is 26.1. The maximum Gasteiger partial charge on any atom is 0.305 e. The molecular formula is C28H29N3O5. The molecule has 0 aliphatic carbocycles. The van der Waals surface area contributed by atoms with Gasteiger partial charge in [-0.15, -0.1) is 6.58 Å². The van der Waals surface area contributed by atoms with Crippen molar-refractivity contribution in [3.8, 4) is 11.8 Å². The van der Waals surface area contributed by atoms with Crippen LogP contribution in [-0.2, 0) is 20.7 Å². The molecule has 3 rings (SSSR count). The fourth-order valence-electron chi connectivity index (χ4n) is 3.98. The molecule has 0 saturated carbocycles. The van der Waals surface area contributed by atoms with Crippen molar-refractivity contribution in [1.82, 2.24) is 5.32 Å². The number of amides is 2. The molecule has 2 aromatic rings. The minimum atomic E-state index is -1.37. The standard InChI is InChI=1S/C28H29N3O5/c1-4-16-31-24-14-12-21(36-28(5-2,19-29)18-20-10-8-7-9-11-20)17-22(24)26(33)30-23(27(31)34)13-15-25(32)35-6-3/h4-5,7-12,14,17,23H,1-2,6,13,15-16,18H2,3H3,(H,30,33). The van der Waals surface area contributed by atoms with Crippen LogP contribution >= 0.6 is 0 Å². The molecule has 2 aromatic carbocycles. The molecule has 1 heterocycles. The average Bonchev–Trinajstić information content (AvgIpc) is 2.98. The predicted molar refractivity (Wildman–Crippen MR) is 135 cm³/mol. The van der Waals surface area contributed by atoms with Crippen LogP contribution in [-0.4, -0.2) is 42.6 Å². The molecule has 1 aliphatic heterocycles. The third-order valence-corrected chi connectivity index (χ3v) is 5.76. The fraction of sp³-hybridized carbons (Fsp3) is 0.286. The second kappa shape index (κ2) is 11.8. The third-order valence-electron chi connectivity index (χ3n) is 5.76. The molecule has 2 unspecified atom stereocenters. The van der Waals surface area contributed by atoms with Gasteiger partial charge < -0.3 is 19.7 Å². The largest absolute Gasteiger partial charge is 0.468 e. The van der Waals surface area contributed by atoms with E-state index in [9.17, 15) is 19.6 Å². The van der Waals surface area contributed by atoms with E-state index < -0.39 is 23.5 Å². The molecule has 0 aromatic heterocycles. The van der Waals surface area contributed by atoms with Crippen molar-refractivity contribution in [3.63, 3.8) is 0 Å². The van der Waals surface area contributed by atoms with E-state index in [1.807, 2.05) is 30.3 Å². The lowest BCUT2D eigenvalue weighted by Gasteiger charge is -2.26. The van der Waals surface area contributed by atoms with Crippen molar-refractivity contribution in [2.75, 3.05) is 18.1 Å². The summed E-state index contributed by atoms with van der Waals surface area (Å²) in [5.74, 6) is -1.02. The summed E-state index contributed by atoms with van der Waals surface area (Å²) < 4.78 is 11.0. The second-order valence-electron chi connectivity index (χ2n) is 8.26. The van der Waals surface area contributed by atoms with Crippen LogP contribution in [0.5, 0.6) is 5.75 Å². The van der Waals surface area contributed by atoms with E-state index in [1.54, 1.807) is 25.1 Å². The van der Waals surface area contributed by atoms with Crippen LogP contribution in [0.4, 0.5) is 5.69 Å². The molecule has 8 heteroatoms. The van der Waals surface area contributed by atoms with Crippen LogP contribution in [0, 0.1) is 11.3 Å². The summed E-state index contributed by atoms with van der Waals surface area (Å²) in [6, 6.07) is 15.4. The lowest BCUT2D eigenvalue weighted by molar-refractivity contribution is -0.143. The molecular weight excluding hydrogens is 458 g/mol. The third kappa shape index (κ3) is 5.99. The van der Waals surface area contributed by atoms with Gasteiger partial charge in [0, 0.05) is 19.4 Å². The quantitative estimate of drug-likeness (QED) is 0.382. The van der Waals surface area contributed by atoms with Crippen LogP contribution in [0.25, 0.3) is 0 Å². The van der Waals surface area contributed by atoms with Crippen molar-refractivity contribution in [3.05, 3.63) is 85.0 Å². The highest BCUT2D eigenvalue weighted by molar-refractivity contribution is 6.11. The molecule has 0 radical (unpaired) electrons. The zero-order valence-electron chi connectivity index (χ0n) is 20.2. The summed E-state index contributed by atoms with van der Waals surface area (Å²) in [6.07, 6.45) is 3.33. The number of rotatable bonds is 11. The Hall–Kier alpha value is -4.38. The molecule has 186 valence electrons. The number of nitrogens with zero attached hydrogens (tertiary/aromatic N) is 2. The molecule has 2 amide bonds. The minimum absolute atomic E-state index is 0.0132. The summed E-state index contributed by atoms with van der Waals surface area (Å²) in [5, 5.41) is 12.6. The van der Waals surface area contributed by atoms with E-state index in [0.29, 0.717) is 5.69 Å². The Bertz CT molecular complexity index is 1190. The lowest BCUT2D eigenvalue weighted by atomic mass is 9.95. The Morgan fingerprint density at radius 2 is 1.97 bits per heavy atom. The Balaban J connectivity index is 1.91. The smallest absolute Gasteiger partial charge is 0.305 e. The first kappa shape index (κ1) is 26.2. The van der Waals surface area contributed by atoms with Gasteiger partial charge in [0.25, 0.3) is 5.91 Å². The monoisotopic (exact) mass is 487 g/mol. The van der Waals surface area contributed by atoms with E-state index in [4.69, 9.17) is 9.47 Å². The predicted octanol–water partition coefficient (Wildman–Crippen LogP) is 3.73. The first-order valence-corrected chi connectivity index (χ1v) is 11.7. The van der Waals surface area contributed by atoms with Crippen molar-refractivity contribution in [1.29, 1.82) is 5.26 Å². The van der Waals surface area contributed by atoms with Gasteiger partial charge in [-0.2, -0.15) is 5.26 Å². The number of nitriles is 1. The molecule has 1 aliphatic rings. The Morgan fingerprint density at radius 3 is 2.61 bits per heavy atom. The van der Waals surface area contributed by atoms with Gasteiger partial charge in [-0.05, 0) is 43.2 Å². The van der Waals surface area contributed by atoms with Gasteiger partial charge in [0.1, 0.15) is 17.9 Å². The molecule has 2 atom stereocenters. The second-order valence-corrected chi connectivity index (χ2v) is 8.26. The van der Waals surface area contributed by atoms with Crippen LogP contribution in [0.3, 0.4) is 0 Å². The zero-order valence-corrected chi connectivity index (χ0v) is 20.2. The number of fused-ring (bicyclic) bond motifs is 1. The number of ether oxygens (including phenoxy) is 2. The first-order valence-electron chi connectivity index (χ1n) is 11.7. The lowest BCUT2D eigenvalue weighted by Crippen LogP contribution is -2.46. The van der Waals surface area contributed by atoms with Gasteiger partial charge >= 0.3 is 5.97 Å². The fourth-order valence-corrected chi connectivity index (χ4v) is 3.98. The van der Waals surface area contributed by atoms with Gasteiger partial charge in [0.2, 0.25) is 11.5 Å². The molecule has 0 saturated heterocycles. The molecule has 8 nitrogen and oxygen atoms in total. The van der Waals surface area contributed by atoms with Crippen LogP contribution < -0.4 is 15.0 Å². The van der Waals surface area contributed by atoms with Crippen molar-refractivity contribution < 1.29 is 23.9 Å². The molecule has 0 fully saturated rings. The van der Waals surface area contributed by atoms with E-state index >= 15 is 0 Å². The van der Waals surface area contributed by atoms with Crippen LogP contribution in [0.2, 0.25) is 0 Å². The van der Waals surface area contributed by atoms with Crippen molar-refractivity contribution >= 4 is 23.5 Å². The number of hydrogen-bond acceptors (Lipinski definition) is 6. The summed E-state index contributed by atoms with van der Waals surface area (Å²) in [7, 11) is 0. The normalized spacial score (nSPS) is 16.4. The highest BCUT2D eigenvalue weighted by Crippen LogP contribution is 2.32. The van der Waals surface area contributed by atoms with Gasteiger partial charge in [-0.1, -0.05) is 43.0 Å². The van der Waals surface area contributed by atoms with E-state index in [2.05, 4.69) is 24.5 Å². The Kier molecular flexibility index (Phi) is 8.63. The topological polar surface area (TPSA) is 109 Å². The molecule has 0 bridgehead atoms. The Labute approximate surface area is 210 Å². The Morgan fingerprint density at radius 1 is 1.22 bits per heavy atom. The van der Waals surface area contributed by atoms with E-state index in [0.717, 1.165) is 5.56 Å². The van der Waals surface area contributed by atoms with Crippen molar-refractivity contribution in [2.45, 2.75) is 37.8 Å². The number of esters is 1. The number of carbonyl (C=O) groups is 3. The van der Waals surface area contributed by atoms with Crippen molar-refractivity contribution in [2.24, 2.45) is 0 Å². The average molecular weight is 488 g/mol. The highest BCUT2D eigenvalue weighted by Gasteiger charge is 2.35. The van der Waals surface area contributed by atoms with Gasteiger partial charge in [-0.3, -0.25) is 14.4 Å². The van der Waals surface area contributed by atoms with Gasteiger partial charge in [-0.25, -0.2) is 0 Å². The number of nitrogens with one attached hydrogen (secondary N) is 1. The molecule has 36 heavy (non-hydrogen) atoms. The number of anilines is 1. The summed E-state index contributed by atoms with van der Waals surface area (Å²) in [6.45, 7) is 9.61. The number of benzene rings is 2. The number of carbonyl (C=O) groups excluding carboxylic acids is 3. The van der Waals surface area contributed by atoms with Gasteiger partial charge in [0.05, 0.1) is 17.9 Å². The highest BCUT2D eigenvalue weighted by atomic mass is 16.5. The maximum atomic E-state index is 13.2. The number of hydrogen-bond donors (Lipinski definition) is 1. The minimum Gasteiger partial charge on any atom is -0.468 e. The van der Waals surface area contributed by atoms with Crippen LogP contribution in [0.1, 0.15) is 35.7 Å². The molecule has 0 spiro atoms. The summed E-state index contributed by atoms with van der Waals surface area (Å²) >= 11 is 0. The first-order chi connectivity index (χ1) is 17.4. The molecule has 1 N–H and O–H groups in total.